The lowest BCUT2D eigenvalue weighted by Crippen LogP contribution is -2.43. The van der Waals surface area contributed by atoms with Crippen molar-refractivity contribution in [3.63, 3.8) is 0 Å². The average molecular weight is 315 g/mol. The minimum Gasteiger partial charge on any atom is -0.391 e. The molecule has 0 aromatic heterocycles. The number of carbonyl (C=O) groups excluding carboxylic acids is 1. The van der Waals surface area contributed by atoms with Crippen LogP contribution in [-0.2, 0) is 11.2 Å². The van der Waals surface area contributed by atoms with Gasteiger partial charge >= 0.3 is 0 Å². The fraction of sp³-hybridized carbons (Fsp3) is 0.316. The molecule has 0 saturated heterocycles. The molecule has 0 heterocycles. The van der Waals surface area contributed by atoms with E-state index in [1.807, 2.05) is 30.3 Å². The van der Waals surface area contributed by atoms with E-state index in [4.69, 9.17) is 0 Å². The van der Waals surface area contributed by atoms with Crippen molar-refractivity contribution in [1.29, 1.82) is 0 Å². The molecule has 122 valence electrons. The number of halogens is 1. The molecule has 0 bridgehead atoms. The average Bonchev–Trinajstić information content (AvgIpc) is 2.54. The summed E-state index contributed by atoms with van der Waals surface area (Å²) in [7, 11) is 0. The molecule has 23 heavy (non-hydrogen) atoms. The topological polar surface area (TPSA) is 49.3 Å². The lowest BCUT2D eigenvalue weighted by atomic mass is 9.98. The summed E-state index contributed by atoms with van der Waals surface area (Å²) in [5.41, 5.74) is 1.63. The molecule has 3 unspecified atom stereocenters. The van der Waals surface area contributed by atoms with Gasteiger partial charge in [0.15, 0.2) is 0 Å². The van der Waals surface area contributed by atoms with Crippen molar-refractivity contribution < 1.29 is 14.3 Å². The summed E-state index contributed by atoms with van der Waals surface area (Å²) in [5, 5.41) is 13.0. The number of nitrogens with one attached hydrogen (secondary N) is 1. The monoisotopic (exact) mass is 315 g/mol. The Balaban J connectivity index is 1.93. The van der Waals surface area contributed by atoms with Crippen LogP contribution in [0.15, 0.2) is 54.6 Å². The SMILES string of the molecule is CC(C(=O)NC(C)C(O)Cc1ccccc1)c1cccc(F)c1. The van der Waals surface area contributed by atoms with E-state index in [2.05, 4.69) is 5.32 Å². The van der Waals surface area contributed by atoms with Crippen molar-refractivity contribution in [2.45, 2.75) is 38.3 Å². The molecule has 0 aliphatic heterocycles. The Labute approximate surface area is 136 Å². The Morgan fingerprint density at radius 3 is 2.48 bits per heavy atom. The zero-order chi connectivity index (χ0) is 16.8. The van der Waals surface area contributed by atoms with Gasteiger partial charge in [-0.25, -0.2) is 4.39 Å². The highest BCUT2D eigenvalue weighted by Gasteiger charge is 2.21. The lowest BCUT2D eigenvalue weighted by molar-refractivity contribution is -0.123. The lowest BCUT2D eigenvalue weighted by Gasteiger charge is -2.22. The number of aliphatic hydroxyl groups is 1. The molecule has 2 aromatic carbocycles. The van der Waals surface area contributed by atoms with E-state index in [1.165, 1.54) is 12.1 Å². The molecule has 4 heteroatoms. The highest BCUT2D eigenvalue weighted by Crippen LogP contribution is 2.17. The van der Waals surface area contributed by atoms with Crippen LogP contribution in [-0.4, -0.2) is 23.2 Å². The van der Waals surface area contributed by atoms with Gasteiger partial charge in [-0.15, -0.1) is 0 Å². The maximum Gasteiger partial charge on any atom is 0.227 e. The molecule has 0 aliphatic carbocycles. The van der Waals surface area contributed by atoms with Gasteiger partial charge < -0.3 is 10.4 Å². The van der Waals surface area contributed by atoms with Crippen LogP contribution >= 0.6 is 0 Å². The number of hydrogen-bond donors (Lipinski definition) is 2. The van der Waals surface area contributed by atoms with Crippen LogP contribution < -0.4 is 5.32 Å². The number of amides is 1. The third-order valence-electron chi connectivity index (χ3n) is 3.98. The fourth-order valence-electron chi connectivity index (χ4n) is 2.41. The predicted molar refractivity (Wildman–Crippen MR) is 88.6 cm³/mol. The molecule has 0 spiro atoms. The van der Waals surface area contributed by atoms with Crippen LogP contribution in [0.2, 0.25) is 0 Å². The van der Waals surface area contributed by atoms with E-state index in [-0.39, 0.29) is 11.7 Å². The van der Waals surface area contributed by atoms with Crippen molar-refractivity contribution in [2.75, 3.05) is 0 Å². The largest absolute Gasteiger partial charge is 0.391 e. The Kier molecular flexibility index (Phi) is 5.88. The molecule has 3 atom stereocenters. The van der Waals surface area contributed by atoms with Crippen LogP contribution in [0.4, 0.5) is 4.39 Å². The zero-order valence-corrected chi connectivity index (χ0v) is 13.4. The summed E-state index contributed by atoms with van der Waals surface area (Å²) in [6.45, 7) is 3.49. The van der Waals surface area contributed by atoms with Crippen LogP contribution in [0, 0.1) is 5.82 Å². The first-order chi connectivity index (χ1) is 11.0. The summed E-state index contributed by atoms with van der Waals surface area (Å²) in [4.78, 5) is 12.3. The molecular formula is C19H22FNO2. The molecule has 0 fully saturated rings. The van der Waals surface area contributed by atoms with Gasteiger partial charge in [-0.1, -0.05) is 42.5 Å². The Bertz CT molecular complexity index is 645. The van der Waals surface area contributed by atoms with Crippen molar-refractivity contribution in [1.82, 2.24) is 5.32 Å². The first kappa shape index (κ1) is 17.2. The zero-order valence-electron chi connectivity index (χ0n) is 13.4. The van der Waals surface area contributed by atoms with Crippen LogP contribution in [0.1, 0.15) is 30.9 Å². The van der Waals surface area contributed by atoms with Gasteiger partial charge in [0, 0.05) is 6.42 Å². The maximum atomic E-state index is 13.3. The predicted octanol–water partition coefficient (Wildman–Crippen LogP) is 3.04. The standard InChI is InChI=1S/C19H22FNO2/c1-13(16-9-6-10-17(20)12-16)19(23)21-14(2)18(22)11-15-7-4-3-5-8-15/h3-10,12-14,18,22H,11H2,1-2H3,(H,21,23). The highest BCUT2D eigenvalue weighted by atomic mass is 19.1. The van der Waals surface area contributed by atoms with E-state index in [0.29, 0.717) is 12.0 Å². The van der Waals surface area contributed by atoms with Gasteiger partial charge in [-0.3, -0.25) is 4.79 Å². The number of aliphatic hydroxyl groups excluding tert-OH is 1. The number of benzene rings is 2. The second-order valence-corrected chi connectivity index (χ2v) is 5.83. The van der Waals surface area contributed by atoms with Gasteiger partial charge in [-0.2, -0.15) is 0 Å². The van der Waals surface area contributed by atoms with E-state index >= 15 is 0 Å². The minimum atomic E-state index is -0.680. The number of rotatable bonds is 6. The van der Waals surface area contributed by atoms with Crippen LogP contribution in [0.3, 0.4) is 0 Å². The number of hydrogen-bond acceptors (Lipinski definition) is 2. The molecule has 0 aliphatic rings. The summed E-state index contributed by atoms with van der Waals surface area (Å²) >= 11 is 0. The Morgan fingerprint density at radius 1 is 1.13 bits per heavy atom. The molecule has 2 aromatic rings. The summed E-state index contributed by atoms with van der Waals surface area (Å²) in [6, 6.07) is 15.2. The van der Waals surface area contributed by atoms with Gasteiger partial charge in [0.05, 0.1) is 18.1 Å². The number of carbonyl (C=O) groups is 1. The molecule has 0 saturated carbocycles. The Morgan fingerprint density at radius 2 is 1.83 bits per heavy atom. The third kappa shape index (κ3) is 4.89. The van der Waals surface area contributed by atoms with Gasteiger partial charge in [0.1, 0.15) is 5.82 Å². The highest BCUT2D eigenvalue weighted by molar-refractivity contribution is 5.83. The fourth-order valence-corrected chi connectivity index (χ4v) is 2.41. The molecule has 3 nitrogen and oxygen atoms in total. The van der Waals surface area contributed by atoms with Crippen LogP contribution in [0.25, 0.3) is 0 Å². The van der Waals surface area contributed by atoms with E-state index in [1.54, 1.807) is 26.0 Å². The van der Waals surface area contributed by atoms with Crippen molar-refractivity contribution in [2.24, 2.45) is 0 Å². The summed E-state index contributed by atoms with van der Waals surface area (Å²) < 4.78 is 13.3. The van der Waals surface area contributed by atoms with Crippen molar-refractivity contribution in [3.8, 4) is 0 Å². The van der Waals surface area contributed by atoms with Gasteiger partial charge in [0.25, 0.3) is 0 Å². The third-order valence-corrected chi connectivity index (χ3v) is 3.98. The first-order valence-corrected chi connectivity index (χ1v) is 7.75. The van der Waals surface area contributed by atoms with Crippen molar-refractivity contribution in [3.05, 3.63) is 71.5 Å². The van der Waals surface area contributed by atoms with Crippen LogP contribution in [0.5, 0.6) is 0 Å². The Hall–Kier alpha value is -2.20. The second kappa shape index (κ2) is 7.88. The van der Waals surface area contributed by atoms with Crippen molar-refractivity contribution >= 4 is 5.91 Å². The quantitative estimate of drug-likeness (QED) is 0.861. The molecular weight excluding hydrogens is 293 g/mol. The minimum absolute atomic E-state index is 0.227. The van der Waals surface area contributed by atoms with Gasteiger partial charge in [0.2, 0.25) is 5.91 Å². The maximum absolute atomic E-state index is 13.3. The van der Waals surface area contributed by atoms with E-state index in [9.17, 15) is 14.3 Å². The molecule has 1 amide bonds. The van der Waals surface area contributed by atoms with E-state index in [0.717, 1.165) is 5.56 Å². The van der Waals surface area contributed by atoms with Gasteiger partial charge in [-0.05, 0) is 37.1 Å². The summed E-state index contributed by atoms with van der Waals surface area (Å²) in [5.74, 6) is -1.06. The normalized spacial score (nSPS) is 14.8. The summed E-state index contributed by atoms with van der Waals surface area (Å²) in [6.07, 6.45) is -0.211. The molecule has 2 N–H and O–H groups in total. The van der Waals surface area contributed by atoms with E-state index < -0.39 is 18.1 Å². The smallest absolute Gasteiger partial charge is 0.227 e. The first-order valence-electron chi connectivity index (χ1n) is 7.75. The second-order valence-electron chi connectivity index (χ2n) is 5.83. The molecule has 0 radical (unpaired) electrons. The molecule has 2 rings (SSSR count).